The summed E-state index contributed by atoms with van der Waals surface area (Å²) in [5, 5.41) is 8.69. The summed E-state index contributed by atoms with van der Waals surface area (Å²) < 4.78 is 5.40. The predicted octanol–water partition coefficient (Wildman–Crippen LogP) is 0.960. The number of carboxylic acids is 1. The number of hydrogen-bond acceptors (Lipinski definition) is 3. The number of carboxylic acid groups (broad SMARTS) is 1. The van der Waals surface area contributed by atoms with E-state index in [0.29, 0.717) is 12.6 Å². The van der Waals surface area contributed by atoms with Gasteiger partial charge in [0.05, 0.1) is 19.3 Å². The van der Waals surface area contributed by atoms with Crippen molar-refractivity contribution in [2.24, 2.45) is 0 Å². The van der Waals surface area contributed by atoms with Crippen LogP contribution < -0.4 is 0 Å². The van der Waals surface area contributed by atoms with Gasteiger partial charge in [0, 0.05) is 12.6 Å². The van der Waals surface area contributed by atoms with Crippen LogP contribution in [-0.2, 0) is 9.53 Å². The van der Waals surface area contributed by atoms with Crippen LogP contribution in [0.5, 0.6) is 0 Å². The van der Waals surface area contributed by atoms with Crippen LogP contribution in [0.3, 0.4) is 0 Å². The fourth-order valence-corrected chi connectivity index (χ4v) is 1.41. The Hall–Kier alpha value is -0.610. The van der Waals surface area contributed by atoms with Crippen molar-refractivity contribution in [3.8, 4) is 0 Å². The van der Waals surface area contributed by atoms with Gasteiger partial charge in [0.1, 0.15) is 0 Å². The molecular weight excluding hydrogens is 182 g/mol. The van der Waals surface area contributed by atoms with Gasteiger partial charge in [-0.15, -0.1) is 0 Å². The van der Waals surface area contributed by atoms with E-state index in [9.17, 15) is 4.79 Å². The Morgan fingerprint density at radius 2 is 2.21 bits per heavy atom. The molecule has 4 heteroatoms. The van der Waals surface area contributed by atoms with Crippen LogP contribution in [0.4, 0.5) is 0 Å². The van der Waals surface area contributed by atoms with Gasteiger partial charge < -0.3 is 9.84 Å². The van der Waals surface area contributed by atoms with Gasteiger partial charge in [-0.1, -0.05) is 0 Å². The zero-order valence-corrected chi connectivity index (χ0v) is 8.90. The highest BCUT2D eigenvalue weighted by Gasteiger charge is 2.29. The molecule has 0 bridgehead atoms. The highest BCUT2D eigenvalue weighted by molar-refractivity contribution is 5.69. The number of aliphatic carboxylic acids is 1. The Balaban J connectivity index is 2.18. The second-order valence-electron chi connectivity index (χ2n) is 4.01. The molecular formula is C10H19NO3. The van der Waals surface area contributed by atoms with E-state index in [-0.39, 0.29) is 12.6 Å². The van der Waals surface area contributed by atoms with Gasteiger partial charge in [-0.2, -0.15) is 0 Å². The summed E-state index contributed by atoms with van der Waals surface area (Å²) >= 11 is 0. The maximum absolute atomic E-state index is 10.6. The first kappa shape index (κ1) is 11.5. The maximum Gasteiger partial charge on any atom is 0.317 e. The summed E-state index contributed by atoms with van der Waals surface area (Å²) in [5.41, 5.74) is 0. The Kier molecular flexibility index (Phi) is 4.35. The lowest BCUT2D eigenvalue weighted by atomic mass is 10.4. The van der Waals surface area contributed by atoms with Gasteiger partial charge in [0.2, 0.25) is 0 Å². The summed E-state index contributed by atoms with van der Waals surface area (Å²) in [5.74, 6) is -0.749. The standard InChI is InChI=1S/C10H19NO3/c1-8(2)14-6-5-11(7-10(12)13)9-3-4-9/h8-9H,3-7H2,1-2H3,(H,12,13). The average molecular weight is 201 g/mol. The molecule has 1 fully saturated rings. The van der Waals surface area contributed by atoms with Gasteiger partial charge in [-0.3, -0.25) is 9.69 Å². The highest BCUT2D eigenvalue weighted by atomic mass is 16.5. The Morgan fingerprint density at radius 3 is 2.64 bits per heavy atom. The molecule has 0 aromatic rings. The minimum Gasteiger partial charge on any atom is -0.480 e. The largest absolute Gasteiger partial charge is 0.480 e. The zero-order valence-electron chi connectivity index (χ0n) is 8.90. The molecule has 1 N–H and O–H groups in total. The summed E-state index contributed by atoms with van der Waals surface area (Å²) in [4.78, 5) is 12.5. The molecule has 4 nitrogen and oxygen atoms in total. The van der Waals surface area contributed by atoms with Crippen LogP contribution in [0.15, 0.2) is 0 Å². The van der Waals surface area contributed by atoms with Gasteiger partial charge in [0.15, 0.2) is 0 Å². The molecule has 1 aliphatic rings. The van der Waals surface area contributed by atoms with Gasteiger partial charge >= 0.3 is 5.97 Å². The summed E-state index contributed by atoms with van der Waals surface area (Å²) in [6.45, 7) is 5.47. The highest BCUT2D eigenvalue weighted by Crippen LogP contribution is 2.26. The van der Waals surface area contributed by atoms with E-state index in [1.54, 1.807) is 0 Å². The van der Waals surface area contributed by atoms with E-state index in [1.807, 2.05) is 18.7 Å². The number of nitrogens with zero attached hydrogens (tertiary/aromatic N) is 1. The summed E-state index contributed by atoms with van der Waals surface area (Å²) in [6.07, 6.45) is 2.49. The van der Waals surface area contributed by atoms with Crippen molar-refractivity contribution in [3.05, 3.63) is 0 Å². The lowest BCUT2D eigenvalue weighted by Gasteiger charge is -2.20. The Bertz CT molecular complexity index is 190. The van der Waals surface area contributed by atoms with Gasteiger partial charge in [-0.25, -0.2) is 0 Å². The van der Waals surface area contributed by atoms with E-state index in [2.05, 4.69) is 0 Å². The van der Waals surface area contributed by atoms with Crippen molar-refractivity contribution in [3.63, 3.8) is 0 Å². The Labute approximate surface area is 84.8 Å². The van der Waals surface area contributed by atoms with Crippen molar-refractivity contribution in [1.29, 1.82) is 0 Å². The van der Waals surface area contributed by atoms with Crippen LogP contribution >= 0.6 is 0 Å². The monoisotopic (exact) mass is 201 g/mol. The normalized spacial score (nSPS) is 16.6. The molecule has 1 saturated carbocycles. The first-order chi connectivity index (χ1) is 6.59. The van der Waals surface area contributed by atoms with Crippen molar-refractivity contribution < 1.29 is 14.6 Å². The Morgan fingerprint density at radius 1 is 1.57 bits per heavy atom. The second kappa shape index (κ2) is 5.32. The SMILES string of the molecule is CC(C)OCCN(CC(=O)O)C1CC1. The van der Waals surface area contributed by atoms with E-state index in [4.69, 9.17) is 9.84 Å². The van der Waals surface area contributed by atoms with E-state index >= 15 is 0 Å². The van der Waals surface area contributed by atoms with E-state index < -0.39 is 5.97 Å². The van der Waals surface area contributed by atoms with Crippen LogP contribution in [0, 0.1) is 0 Å². The second-order valence-corrected chi connectivity index (χ2v) is 4.01. The minimum atomic E-state index is -0.749. The fourth-order valence-electron chi connectivity index (χ4n) is 1.41. The number of rotatable bonds is 7. The van der Waals surface area contributed by atoms with E-state index in [0.717, 1.165) is 19.4 Å². The predicted molar refractivity (Wildman–Crippen MR) is 53.3 cm³/mol. The fraction of sp³-hybridized carbons (Fsp3) is 0.900. The number of carbonyl (C=O) groups is 1. The minimum absolute atomic E-state index is 0.145. The molecule has 0 atom stereocenters. The molecule has 0 aromatic heterocycles. The van der Waals surface area contributed by atoms with Crippen molar-refractivity contribution >= 4 is 5.97 Å². The molecule has 0 spiro atoms. The molecule has 1 aliphatic carbocycles. The van der Waals surface area contributed by atoms with Gasteiger partial charge in [-0.05, 0) is 26.7 Å². The quantitative estimate of drug-likeness (QED) is 0.666. The molecule has 0 aromatic carbocycles. The lowest BCUT2D eigenvalue weighted by Crippen LogP contribution is -2.35. The topological polar surface area (TPSA) is 49.8 Å². The van der Waals surface area contributed by atoms with Crippen LogP contribution in [0.1, 0.15) is 26.7 Å². The molecule has 1 rings (SSSR count). The third-order valence-corrected chi connectivity index (χ3v) is 2.23. The zero-order chi connectivity index (χ0) is 10.6. The molecule has 0 heterocycles. The van der Waals surface area contributed by atoms with Crippen molar-refractivity contribution in [1.82, 2.24) is 4.90 Å². The van der Waals surface area contributed by atoms with Crippen LogP contribution in [0.2, 0.25) is 0 Å². The van der Waals surface area contributed by atoms with Crippen LogP contribution in [-0.4, -0.2) is 47.8 Å². The van der Waals surface area contributed by atoms with Crippen molar-refractivity contribution in [2.75, 3.05) is 19.7 Å². The molecule has 0 radical (unpaired) electrons. The lowest BCUT2D eigenvalue weighted by molar-refractivity contribution is -0.138. The van der Waals surface area contributed by atoms with Crippen molar-refractivity contribution in [2.45, 2.75) is 38.8 Å². The molecule has 14 heavy (non-hydrogen) atoms. The molecule has 0 aliphatic heterocycles. The van der Waals surface area contributed by atoms with Crippen LogP contribution in [0.25, 0.3) is 0 Å². The molecule has 0 amide bonds. The molecule has 0 unspecified atom stereocenters. The van der Waals surface area contributed by atoms with Gasteiger partial charge in [0.25, 0.3) is 0 Å². The first-order valence-corrected chi connectivity index (χ1v) is 5.17. The summed E-state index contributed by atoms with van der Waals surface area (Å²) in [7, 11) is 0. The number of ether oxygens (including phenoxy) is 1. The first-order valence-electron chi connectivity index (χ1n) is 5.17. The maximum atomic E-state index is 10.6. The van der Waals surface area contributed by atoms with E-state index in [1.165, 1.54) is 0 Å². The summed E-state index contributed by atoms with van der Waals surface area (Å²) in [6, 6.07) is 0.488. The third kappa shape index (κ3) is 4.58. The number of hydrogen-bond donors (Lipinski definition) is 1. The average Bonchev–Trinajstić information content (AvgIpc) is 2.83. The third-order valence-electron chi connectivity index (χ3n) is 2.23. The smallest absolute Gasteiger partial charge is 0.317 e. The molecule has 82 valence electrons. The molecule has 0 saturated heterocycles.